The van der Waals surface area contributed by atoms with Gasteiger partial charge in [0, 0.05) is 18.9 Å². The standard InChI is InChI=1S/C10H9FN4O2S/c1-14-6-12-13-10(14)18-5-7-2-3-9(15(16)17)8(11)4-7/h2-4,6H,5H2,1H3. The van der Waals surface area contributed by atoms with Gasteiger partial charge < -0.3 is 4.57 Å². The molecule has 0 radical (unpaired) electrons. The van der Waals surface area contributed by atoms with Crippen molar-refractivity contribution in [2.75, 3.05) is 0 Å². The van der Waals surface area contributed by atoms with E-state index in [1.54, 1.807) is 17.9 Å². The molecule has 2 aromatic rings. The van der Waals surface area contributed by atoms with Crippen LogP contribution in [0, 0.1) is 15.9 Å². The molecule has 0 unspecified atom stereocenters. The van der Waals surface area contributed by atoms with Gasteiger partial charge in [0.15, 0.2) is 5.16 Å². The van der Waals surface area contributed by atoms with Crippen LogP contribution < -0.4 is 0 Å². The molecular weight excluding hydrogens is 259 g/mol. The predicted octanol–water partition coefficient (Wildman–Crippen LogP) is 2.15. The van der Waals surface area contributed by atoms with Crippen LogP contribution >= 0.6 is 11.8 Å². The molecule has 0 N–H and O–H groups in total. The number of halogens is 1. The molecule has 0 aliphatic carbocycles. The number of nitro groups is 1. The van der Waals surface area contributed by atoms with Crippen LogP contribution in [0.3, 0.4) is 0 Å². The van der Waals surface area contributed by atoms with Gasteiger partial charge in [-0.15, -0.1) is 10.2 Å². The largest absolute Gasteiger partial charge is 0.312 e. The minimum Gasteiger partial charge on any atom is -0.312 e. The van der Waals surface area contributed by atoms with Gasteiger partial charge in [0.2, 0.25) is 5.82 Å². The van der Waals surface area contributed by atoms with Crippen molar-refractivity contribution in [2.24, 2.45) is 7.05 Å². The van der Waals surface area contributed by atoms with Gasteiger partial charge in [-0.3, -0.25) is 10.1 Å². The molecule has 0 saturated heterocycles. The van der Waals surface area contributed by atoms with Gasteiger partial charge in [-0.05, 0) is 11.6 Å². The van der Waals surface area contributed by atoms with Crippen LogP contribution in [0.2, 0.25) is 0 Å². The monoisotopic (exact) mass is 268 g/mol. The van der Waals surface area contributed by atoms with Crippen molar-refractivity contribution in [1.29, 1.82) is 0 Å². The first kappa shape index (κ1) is 12.5. The first-order chi connectivity index (χ1) is 8.58. The van der Waals surface area contributed by atoms with Crippen molar-refractivity contribution >= 4 is 17.4 Å². The average Bonchev–Trinajstić information content (AvgIpc) is 2.72. The van der Waals surface area contributed by atoms with E-state index in [4.69, 9.17) is 0 Å². The molecule has 0 amide bonds. The average molecular weight is 268 g/mol. The number of thioether (sulfide) groups is 1. The molecule has 8 heteroatoms. The normalized spacial score (nSPS) is 10.6. The Hall–Kier alpha value is -1.96. The Morgan fingerprint density at radius 2 is 2.33 bits per heavy atom. The highest BCUT2D eigenvalue weighted by Crippen LogP contribution is 2.23. The van der Waals surface area contributed by atoms with Gasteiger partial charge in [0.25, 0.3) is 0 Å². The van der Waals surface area contributed by atoms with Crippen LogP contribution in [0.5, 0.6) is 0 Å². The summed E-state index contributed by atoms with van der Waals surface area (Å²) in [6.45, 7) is 0. The fourth-order valence-electron chi connectivity index (χ4n) is 1.34. The third-order valence-corrected chi connectivity index (χ3v) is 3.35. The molecular formula is C10H9FN4O2S. The smallest absolute Gasteiger partial charge is 0.304 e. The number of nitro benzene ring substituents is 1. The number of aromatic nitrogens is 3. The van der Waals surface area contributed by atoms with Crippen LogP contribution in [0.25, 0.3) is 0 Å². The maximum atomic E-state index is 13.4. The highest BCUT2D eigenvalue weighted by Gasteiger charge is 2.14. The van der Waals surface area contributed by atoms with E-state index >= 15 is 0 Å². The van der Waals surface area contributed by atoms with Crippen molar-refractivity contribution in [2.45, 2.75) is 10.9 Å². The van der Waals surface area contributed by atoms with E-state index in [9.17, 15) is 14.5 Å². The summed E-state index contributed by atoms with van der Waals surface area (Å²) in [4.78, 5) is 9.72. The van der Waals surface area contributed by atoms with E-state index in [1.807, 2.05) is 0 Å². The molecule has 0 atom stereocenters. The summed E-state index contributed by atoms with van der Waals surface area (Å²) in [6.07, 6.45) is 1.57. The quantitative estimate of drug-likeness (QED) is 0.482. The summed E-state index contributed by atoms with van der Waals surface area (Å²) >= 11 is 1.38. The zero-order chi connectivity index (χ0) is 13.1. The molecule has 0 bridgehead atoms. The van der Waals surface area contributed by atoms with Crippen molar-refractivity contribution < 1.29 is 9.31 Å². The third kappa shape index (κ3) is 2.65. The van der Waals surface area contributed by atoms with E-state index in [0.717, 1.165) is 0 Å². The molecule has 0 aliphatic rings. The number of hydrogen-bond acceptors (Lipinski definition) is 5. The Morgan fingerprint density at radius 3 is 2.89 bits per heavy atom. The molecule has 1 heterocycles. The summed E-state index contributed by atoms with van der Waals surface area (Å²) in [5, 5.41) is 18.8. The van der Waals surface area contributed by atoms with Crippen LogP contribution in [-0.4, -0.2) is 19.7 Å². The first-order valence-corrected chi connectivity index (χ1v) is 5.96. The maximum Gasteiger partial charge on any atom is 0.304 e. The summed E-state index contributed by atoms with van der Waals surface area (Å²) in [5.41, 5.74) is 0.147. The van der Waals surface area contributed by atoms with Crippen LogP contribution in [0.4, 0.5) is 10.1 Å². The van der Waals surface area contributed by atoms with Crippen molar-refractivity contribution in [1.82, 2.24) is 14.8 Å². The van der Waals surface area contributed by atoms with E-state index in [1.165, 1.54) is 30.0 Å². The molecule has 0 aliphatic heterocycles. The Labute approximate surface area is 106 Å². The second-order valence-corrected chi connectivity index (χ2v) is 4.50. The Kier molecular flexibility index (Phi) is 3.56. The second kappa shape index (κ2) is 5.13. The van der Waals surface area contributed by atoms with E-state index < -0.39 is 16.4 Å². The van der Waals surface area contributed by atoms with Gasteiger partial charge in [0.1, 0.15) is 6.33 Å². The lowest BCUT2D eigenvalue weighted by Gasteiger charge is -2.01. The fourth-order valence-corrected chi connectivity index (χ4v) is 2.17. The first-order valence-electron chi connectivity index (χ1n) is 4.97. The number of aryl methyl sites for hydroxylation is 1. The molecule has 1 aromatic heterocycles. The Morgan fingerprint density at radius 1 is 1.56 bits per heavy atom. The number of benzene rings is 1. The number of hydrogen-bond donors (Lipinski definition) is 0. The number of nitrogens with zero attached hydrogens (tertiary/aromatic N) is 4. The lowest BCUT2D eigenvalue weighted by Crippen LogP contribution is -1.94. The molecule has 1 aromatic carbocycles. The third-order valence-electron chi connectivity index (χ3n) is 2.25. The van der Waals surface area contributed by atoms with Gasteiger partial charge in [-0.25, -0.2) is 0 Å². The minimum absolute atomic E-state index is 0.474. The molecule has 0 saturated carbocycles. The lowest BCUT2D eigenvalue weighted by molar-refractivity contribution is -0.387. The number of rotatable bonds is 4. The van der Waals surface area contributed by atoms with Crippen molar-refractivity contribution in [3.63, 3.8) is 0 Å². The summed E-state index contributed by atoms with van der Waals surface area (Å²) in [6, 6.07) is 3.87. The van der Waals surface area contributed by atoms with Gasteiger partial charge in [-0.2, -0.15) is 4.39 Å². The summed E-state index contributed by atoms with van der Waals surface area (Å²) in [7, 11) is 1.80. The molecule has 0 fully saturated rings. The van der Waals surface area contributed by atoms with Gasteiger partial charge >= 0.3 is 5.69 Å². The van der Waals surface area contributed by atoms with Crippen molar-refractivity contribution in [3.8, 4) is 0 Å². The Bertz CT molecular complexity index is 587. The minimum atomic E-state index is -0.823. The summed E-state index contributed by atoms with van der Waals surface area (Å²) < 4.78 is 15.1. The highest BCUT2D eigenvalue weighted by molar-refractivity contribution is 7.98. The fraction of sp³-hybridized carbons (Fsp3) is 0.200. The SMILES string of the molecule is Cn1cnnc1SCc1ccc([N+](=O)[O-])c(F)c1. The Balaban J connectivity index is 2.09. The van der Waals surface area contributed by atoms with Gasteiger partial charge in [-0.1, -0.05) is 17.8 Å². The van der Waals surface area contributed by atoms with Crippen LogP contribution in [-0.2, 0) is 12.8 Å². The maximum absolute atomic E-state index is 13.4. The van der Waals surface area contributed by atoms with E-state index in [2.05, 4.69) is 10.2 Å². The second-order valence-electron chi connectivity index (χ2n) is 3.56. The molecule has 0 spiro atoms. The predicted molar refractivity (Wildman–Crippen MR) is 63.6 cm³/mol. The molecule has 94 valence electrons. The zero-order valence-corrected chi connectivity index (χ0v) is 10.2. The highest BCUT2D eigenvalue weighted by atomic mass is 32.2. The zero-order valence-electron chi connectivity index (χ0n) is 9.41. The van der Waals surface area contributed by atoms with E-state index in [0.29, 0.717) is 16.5 Å². The molecule has 2 rings (SSSR count). The van der Waals surface area contributed by atoms with Crippen LogP contribution in [0.1, 0.15) is 5.56 Å². The summed E-state index contributed by atoms with van der Waals surface area (Å²) in [5.74, 6) is -0.349. The van der Waals surface area contributed by atoms with Crippen LogP contribution in [0.15, 0.2) is 29.7 Å². The lowest BCUT2D eigenvalue weighted by atomic mass is 10.2. The molecule has 18 heavy (non-hydrogen) atoms. The van der Waals surface area contributed by atoms with Gasteiger partial charge in [0.05, 0.1) is 4.92 Å². The molecule has 6 nitrogen and oxygen atoms in total. The topological polar surface area (TPSA) is 73.8 Å². The van der Waals surface area contributed by atoms with Crippen molar-refractivity contribution in [3.05, 3.63) is 46.0 Å². The van der Waals surface area contributed by atoms with E-state index in [-0.39, 0.29) is 0 Å².